The van der Waals surface area contributed by atoms with Crippen molar-refractivity contribution in [2.75, 3.05) is 13.6 Å². The maximum Gasteiger partial charge on any atom is 0.342 e. The molecule has 19 heavy (non-hydrogen) atoms. The average Bonchev–Trinajstić information content (AvgIpc) is 2.35. The third kappa shape index (κ3) is 3.78. The van der Waals surface area contributed by atoms with Crippen molar-refractivity contribution in [3.8, 4) is 0 Å². The molecule has 1 heterocycles. The van der Waals surface area contributed by atoms with Crippen LogP contribution in [0.4, 0.5) is 0 Å². The first-order valence-electron chi connectivity index (χ1n) is 6.14. The Labute approximate surface area is 110 Å². The topological polar surface area (TPSA) is 95.4 Å². The highest BCUT2D eigenvalue weighted by Gasteiger charge is 2.12. The van der Waals surface area contributed by atoms with E-state index in [1.165, 1.54) is 4.57 Å². The zero-order valence-electron chi connectivity index (χ0n) is 11.3. The number of carboxylic acid groups (broad SMARTS) is 1. The first kappa shape index (κ1) is 15.2. The van der Waals surface area contributed by atoms with Gasteiger partial charge < -0.3 is 10.0 Å². The summed E-state index contributed by atoms with van der Waals surface area (Å²) in [5, 5.41) is 8.84. The molecule has 1 unspecified atom stereocenters. The molecule has 1 aromatic rings. The molecule has 0 saturated heterocycles. The molecule has 0 radical (unpaired) electrons. The molecule has 1 rings (SSSR count). The number of H-pyrrole nitrogens is 1. The van der Waals surface area contributed by atoms with Crippen LogP contribution in [-0.4, -0.2) is 45.2 Å². The number of likely N-dealkylation sites (N-methyl/N-ethyl adjacent to an activating group) is 1. The highest BCUT2D eigenvalue weighted by Crippen LogP contribution is 1.99. The number of aromatic nitrogens is 2. The number of hydrogen-bond donors (Lipinski definition) is 2. The fraction of sp³-hybridized carbons (Fsp3) is 0.583. The second-order valence-corrected chi connectivity index (χ2v) is 4.54. The predicted octanol–water partition coefficient (Wildman–Crippen LogP) is -0.0349. The summed E-state index contributed by atoms with van der Waals surface area (Å²) in [5.74, 6) is -1.34. The number of rotatable bonds is 6. The Kier molecular flexibility index (Phi) is 5.05. The third-order valence-electron chi connectivity index (χ3n) is 3.28. The van der Waals surface area contributed by atoms with Crippen LogP contribution in [0.3, 0.4) is 0 Å². The molecule has 7 heteroatoms. The van der Waals surface area contributed by atoms with Crippen molar-refractivity contribution in [2.45, 2.75) is 32.9 Å². The number of aromatic carboxylic acids is 1. The van der Waals surface area contributed by atoms with Crippen LogP contribution in [0.15, 0.2) is 15.8 Å². The summed E-state index contributed by atoms with van der Waals surface area (Å²) in [5.41, 5.74) is -1.89. The molecule has 0 saturated carbocycles. The van der Waals surface area contributed by atoms with Crippen LogP contribution in [0.2, 0.25) is 0 Å². The van der Waals surface area contributed by atoms with Crippen LogP contribution >= 0.6 is 0 Å². The van der Waals surface area contributed by atoms with E-state index in [9.17, 15) is 14.4 Å². The Balaban J connectivity index is 2.90. The van der Waals surface area contributed by atoms with E-state index in [4.69, 9.17) is 5.11 Å². The molecular formula is C12H19N3O4. The quantitative estimate of drug-likeness (QED) is 0.756. The van der Waals surface area contributed by atoms with E-state index in [1.807, 2.05) is 12.0 Å². The highest BCUT2D eigenvalue weighted by molar-refractivity contribution is 5.86. The molecule has 0 aliphatic rings. The maximum atomic E-state index is 11.6. The van der Waals surface area contributed by atoms with Crippen LogP contribution in [0.5, 0.6) is 0 Å². The van der Waals surface area contributed by atoms with Gasteiger partial charge in [0.25, 0.3) is 5.56 Å². The van der Waals surface area contributed by atoms with E-state index >= 15 is 0 Å². The standard InChI is InChI=1S/C12H19N3O4/c1-4-8(2)14(3)5-6-15-7-9(11(17)18)10(16)13-12(15)19/h7-8H,4-6H2,1-3H3,(H,17,18)(H,13,16,19). The van der Waals surface area contributed by atoms with Gasteiger partial charge in [0.1, 0.15) is 5.56 Å². The van der Waals surface area contributed by atoms with Gasteiger partial charge in [-0.1, -0.05) is 6.92 Å². The van der Waals surface area contributed by atoms with E-state index in [0.717, 1.165) is 12.6 Å². The largest absolute Gasteiger partial charge is 0.477 e. The summed E-state index contributed by atoms with van der Waals surface area (Å²) in [6.45, 7) is 5.06. The molecule has 106 valence electrons. The number of carbonyl (C=O) groups is 1. The lowest BCUT2D eigenvalue weighted by molar-refractivity contribution is 0.0693. The summed E-state index contributed by atoms with van der Waals surface area (Å²) in [4.78, 5) is 37.7. The van der Waals surface area contributed by atoms with Crippen molar-refractivity contribution in [1.82, 2.24) is 14.5 Å². The number of hydrogen-bond acceptors (Lipinski definition) is 4. The number of nitrogens with one attached hydrogen (secondary N) is 1. The molecule has 2 N–H and O–H groups in total. The Bertz CT molecular complexity index is 561. The van der Waals surface area contributed by atoms with Gasteiger partial charge in [0.05, 0.1) is 0 Å². The zero-order chi connectivity index (χ0) is 14.6. The van der Waals surface area contributed by atoms with Crippen LogP contribution in [0.1, 0.15) is 30.6 Å². The second kappa shape index (κ2) is 6.33. The molecule has 0 amide bonds. The Morgan fingerprint density at radius 1 is 1.53 bits per heavy atom. The second-order valence-electron chi connectivity index (χ2n) is 4.54. The van der Waals surface area contributed by atoms with E-state index in [1.54, 1.807) is 0 Å². The molecule has 0 aliphatic heterocycles. The minimum Gasteiger partial charge on any atom is -0.477 e. The molecule has 7 nitrogen and oxygen atoms in total. The molecule has 1 atom stereocenters. The SMILES string of the molecule is CCC(C)N(C)CCn1cc(C(=O)O)c(=O)[nH]c1=O. The summed E-state index contributed by atoms with van der Waals surface area (Å²) in [6, 6.07) is 0.373. The fourth-order valence-electron chi connectivity index (χ4n) is 1.63. The minimum absolute atomic E-state index is 0.330. The van der Waals surface area contributed by atoms with Gasteiger partial charge in [-0.3, -0.25) is 14.3 Å². The summed E-state index contributed by atoms with van der Waals surface area (Å²) in [6.07, 6.45) is 2.07. The van der Waals surface area contributed by atoms with E-state index in [-0.39, 0.29) is 0 Å². The molecule has 0 fully saturated rings. The lowest BCUT2D eigenvalue weighted by Gasteiger charge is -2.23. The molecule has 0 aliphatic carbocycles. The lowest BCUT2D eigenvalue weighted by Crippen LogP contribution is -2.37. The summed E-state index contributed by atoms with van der Waals surface area (Å²) in [7, 11) is 1.93. The van der Waals surface area contributed by atoms with Gasteiger partial charge in [-0.25, -0.2) is 9.59 Å². The molecule has 0 aromatic carbocycles. The first-order valence-corrected chi connectivity index (χ1v) is 6.14. The minimum atomic E-state index is -1.34. The van der Waals surface area contributed by atoms with Crippen molar-refractivity contribution in [1.29, 1.82) is 0 Å². The predicted molar refractivity (Wildman–Crippen MR) is 70.7 cm³/mol. The van der Waals surface area contributed by atoms with Crippen molar-refractivity contribution >= 4 is 5.97 Å². The van der Waals surface area contributed by atoms with Crippen molar-refractivity contribution in [3.63, 3.8) is 0 Å². The van der Waals surface area contributed by atoms with Gasteiger partial charge in [0, 0.05) is 25.3 Å². The van der Waals surface area contributed by atoms with Gasteiger partial charge in [0.2, 0.25) is 0 Å². The Morgan fingerprint density at radius 2 is 2.16 bits per heavy atom. The van der Waals surface area contributed by atoms with E-state index in [2.05, 4.69) is 18.7 Å². The normalized spacial score (nSPS) is 12.6. The number of aromatic amines is 1. The van der Waals surface area contributed by atoms with Crippen molar-refractivity contribution in [2.24, 2.45) is 0 Å². The van der Waals surface area contributed by atoms with E-state index < -0.39 is 22.8 Å². The van der Waals surface area contributed by atoms with Gasteiger partial charge in [-0.2, -0.15) is 0 Å². The first-order chi connectivity index (χ1) is 8.86. The third-order valence-corrected chi connectivity index (χ3v) is 3.28. The average molecular weight is 269 g/mol. The van der Waals surface area contributed by atoms with Gasteiger partial charge >= 0.3 is 11.7 Å². The van der Waals surface area contributed by atoms with Crippen LogP contribution in [0, 0.1) is 0 Å². The van der Waals surface area contributed by atoms with Crippen LogP contribution in [-0.2, 0) is 6.54 Å². The van der Waals surface area contributed by atoms with Gasteiger partial charge in [0.15, 0.2) is 0 Å². The van der Waals surface area contributed by atoms with Crippen LogP contribution < -0.4 is 11.2 Å². The molecule has 1 aromatic heterocycles. The highest BCUT2D eigenvalue weighted by atomic mass is 16.4. The van der Waals surface area contributed by atoms with E-state index in [0.29, 0.717) is 19.1 Å². The number of nitrogens with zero attached hydrogens (tertiary/aromatic N) is 2. The Hall–Kier alpha value is -1.89. The fourth-order valence-corrected chi connectivity index (χ4v) is 1.63. The Morgan fingerprint density at radius 3 is 2.68 bits per heavy atom. The lowest BCUT2D eigenvalue weighted by atomic mass is 10.2. The van der Waals surface area contributed by atoms with Crippen LogP contribution in [0.25, 0.3) is 0 Å². The maximum absolute atomic E-state index is 11.6. The van der Waals surface area contributed by atoms with Gasteiger partial charge in [-0.05, 0) is 20.4 Å². The monoisotopic (exact) mass is 269 g/mol. The van der Waals surface area contributed by atoms with Crippen molar-refractivity contribution in [3.05, 3.63) is 32.6 Å². The molecular weight excluding hydrogens is 250 g/mol. The summed E-state index contributed by atoms with van der Waals surface area (Å²) < 4.78 is 1.21. The zero-order valence-corrected chi connectivity index (χ0v) is 11.3. The molecule has 0 spiro atoms. The van der Waals surface area contributed by atoms with Gasteiger partial charge in [-0.15, -0.1) is 0 Å². The summed E-state index contributed by atoms with van der Waals surface area (Å²) >= 11 is 0. The molecule has 0 bridgehead atoms. The van der Waals surface area contributed by atoms with Crippen molar-refractivity contribution < 1.29 is 9.90 Å². The smallest absolute Gasteiger partial charge is 0.342 e. The number of carboxylic acids is 1.